The number of ether oxygens (including phenoxy) is 3. The first kappa shape index (κ1) is 31.5. The molecule has 2 aromatic heterocycles. The second-order valence-corrected chi connectivity index (χ2v) is 11.4. The summed E-state index contributed by atoms with van der Waals surface area (Å²) >= 11 is 0. The van der Waals surface area contributed by atoms with Gasteiger partial charge in [0.15, 0.2) is 17.3 Å². The van der Waals surface area contributed by atoms with E-state index in [4.69, 9.17) is 14.2 Å². The first-order chi connectivity index (χ1) is 22.0. The molecule has 0 spiro atoms. The van der Waals surface area contributed by atoms with E-state index in [1.807, 2.05) is 6.07 Å². The molecule has 1 unspecified atom stereocenters. The topological polar surface area (TPSA) is 199 Å². The lowest BCUT2D eigenvalue weighted by Crippen LogP contribution is -2.32. The Kier molecular flexibility index (Phi) is 8.89. The first-order valence-corrected chi connectivity index (χ1v) is 14.4. The van der Waals surface area contributed by atoms with E-state index in [1.165, 1.54) is 25.4 Å². The number of rotatable bonds is 9. The predicted molar refractivity (Wildman–Crippen MR) is 165 cm³/mol. The number of H-pyrrole nitrogens is 1. The van der Waals surface area contributed by atoms with E-state index in [0.717, 1.165) is 23.1 Å². The maximum absolute atomic E-state index is 13.2. The molecule has 46 heavy (non-hydrogen) atoms. The number of carbonyl (C=O) groups excluding carboxylic acids is 1. The van der Waals surface area contributed by atoms with Crippen molar-refractivity contribution < 1.29 is 23.9 Å². The Labute approximate surface area is 263 Å². The molecule has 3 heterocycles. The van der Waals surface area contributed by atoms with Gasteiger partial charge in [0.2, 0.25) is 5.82 Å². The van der Waals surface area contributed by atoms with Gasteiger partial charge in [0, 0.05) is 24.5 Å². The van der Waals surface area contributed by atoms with Gasteiger partial charge in [-0.3, -0.25) is 15.1 Å². The van der Waals surface area contributed by atoms with Crippen molar-refractivity contribution in [3.05, 3.63) is 97.3 Å². The number of fused-ring (bicyclic) bond motifs is 1. The number of nitrogens with one attached hydrogen (secondary N) is 3. The van der Waals surface area contributed by atoms with Crippen molar-refractivity contribution in [2.24, 2.45) is 0 Å². The normalized spacial score (nSPS) is 13.0. The molecule has 15 nitrogen and oxygen atoms in total. The van der Waals surface area contributed by atoms with Crippen LogP contribution in [0.2, 0.25) is 0 Å². The summed E-state index contributed by atoms with van der Waals surface area (Å²) in [6.45, 7) is 5.81. The van der Waals surface area contributed by atoms with E-state index in [2.05, 4.69) is 31.8 Å². The fraction of sp³-hybridized carbons (Fsp3) is 0.323. The number of anilines is 1. The number of carbonyl (C=O) groups is 1. The summed E-state index contributed by atoms with van der Waals surface area (Å²) in [4.78, 5) is 43.3. The summed E-state index contributed by atoms with van der Waals surface area (Å²) in [6, 6.07) is 12.6. The number of pyridine rings is 1. The Balaban J connectivity index is 1.57. The second-order valence-electron chi connectivity index (χ2n) is 11.4. The molecule has 0 radical (unpaired) electrons. The molecule has 0 saturated carbocycles. The first-order valence-electron chi connectivity index (χ1n) is 14.4. The van der Waals surface area contributed by atoms with Gasteiger partial charge in [-0.05, 0) is 86.7 Å². The highest BCUT2D eigenvalue weighted by Crippen LogP contribution is 2.39. The van der Waals surface area contributed by atoms with E-state index in [-0.39, 0.29) is 18.2 Å². The Hall–Kier alpha value is -5.91. The SMILES string of the molecule is COc1cc(C(Nc2ccc(C#N)c(CNC(=O)OC(C)(C)C)c2)c2nn(-c3ncccc3[N+](=O)[O-])c(=O)[nH]2)cc2c1OCCC2. The van der Waals surface area contributed by atoms with Crippen molar-refractivity contribution in [2.45, 2.75) is 51.8 Å². The molecular weight excluding hydrogens is 596 g/mol. The number of nitro groups is 1. The highest BCUT2D eigenvalue weighted by Gasteiger charge is 2.27. The number of aromatic nitrogens is 4. The minimum Gasteiger partial charge on any atom is -0.493 e. The standard InChI is InChI=1S/C31H32N8O7/c1-31(2,3)46-30(41)34-17-21-14-22(10-9-19(21)16-32)35-25(20-13-18-7-6-12-45-26(18)24(15-20)44-4)27-36-29(40)38(37-27)28-23(39(42)43)8-5-11-33-28/h5,8-11,13-15,25,35H,6-7,12,17H2,1-4H3,(H,34,41)(H,36,37,40). The second kappa shape index (κ2) is 13.0. The van der Waals surface area contributed by atoms with Crippen LogP contribution in [0.3, 0.4) is 0 Å². The van der Waals surface area contributed by atoms with Gasteiger partial charge in [0.05, 0.1) is 30.3 Å². The molecule has 3 N–H and O–H groups in total. The maximum Gasteiger partial charge on any atom is 0.407 e. The van der Waals surface area contributed by atoms with Crippen LogP contribution in [0.5, 0.6) is 11.5 Å². The third-order valence-corrected chi connectivity index (χ3v) is 6.97. The molecule has 1 aliphatic rings. The van der Waals surface area contributed by atoms with Gasteiger partial charge < -0.3 is 24.8 Å². The Bertz CT molecular complexity index is 1870. The lowest BCUT2D eigenvalue weighted by atomic mass is 9.97. The van der Waals surface area contributed by atoms with Crippen LogP contribution in [-0.2, 0) is 17.7 Å². The van der Waals surface area contributed by atoms with Crippen molar-refractivity contribution in [3.8, 4) is 23.4 Å². The van der Waals surface area contributed by atoms with Gasteiger partial charge in [-0.1, -0.05) is 0 Å². The lowest BCUT2D eigenvalue weighted by Gasteiger charge is -2.24. The van der Waals surface area contributed by atoms with Crippen LogP contribution in [0.4, 0.5) is 16.2 Å². The number of aromatic amines is 1. The van der Waals surface area contributed by atoms with Crippen molar-refractivity contribution >= 4 is 17.5 Å². The van der Waals surface area contributed by atoms with Crippen LogP contribution in [-0.4, -0.2) is 50.1 Å². The largest absolute Gasteiger partial charge is 0.493 e. The molecule has 0 fully saturated rings. The van der Waals surface area contributed by atoms with Gasteiger partial charge in [-0.25, -0.2) is 14.6 Å². The average Bonchev–Trinajstić information content (AvgIpc) is 3.42. The number of methoxy groups -OCH3 is 1. The number of hydrogen-bond donors (Lipinski definition) is 3. The number of nitriles is 1. The van der Waals surface area contributed by atoms with E-state index >= 15 is 0 Å². The monoisotopic (exact) mass is 628 g/mol. The number of benzene rings is 2. The minimum absolute atomic E-state index is 0.0107. The van der Waals surface area contributed by atoms with E-state index in [9.17, 15) is 25.0 Å². The van der Waals surface area contributed by atoms with Crippen LogP contribution in [0.15, 0.2) is 53.5 Å². The maximum atomic E-state index is 13.2. The molecule has 15 heteroatoms. The zero-order chi connectivity index (χ0) is 33.0. The number of aryl methyl sites for hydroxylation is 1. The molecule has 238 valence electrons. The summed E-state index contributed by atoms with van der Waals surface area (Å²) < 4.78 is 17.7. The molecule has 1 aliphatic heterocycles. The zero-order valence-electron chi connectivity index (χ0n) is 25.6. The average molecular weight is 629 g/mol. The zero-order valence-corrected chi connectivity index (χ0v) is 25.6. The van der Waals surface area contributed by atoms with Crippen molar-refractivity contribution in [2.75, 3.05) is 19.0 Å². The van der Waals surface area contributed by atoms with E-state index in [0.29, 0.717) is 40.5 Å². The van der Waals surface area contributed by atoms with Gasteiger partial charge in [0.25, 0.3) is 0 Å². The molecule has 0 aliphatic carbocycles. The molecule has 1 amide bonds. The fourth-order valence-corrected chi connectivity index (χ4v) is 4.99. The molecule has 4 aromatic rings. The summed E-state index contributed by atoms with van der Waals surface area (Å²) in [5.74, 6) is 1.00. The van der Waals surface area contributed by atoms with Crippen LogP contribution < -0.4 is 25.8 Å². The minimum atomic E-state index is -0.822. The summed E-state index contributed by atoms with van der Waals surface area (Å²) in [5, 5.41) is 31.9. The molecular formula is C31H32N8O7. The third-order valence-electron chi connectivity index (χ3n) is 6.97. The van der Waals surface area contributed by atoms with Gasteiger partial charge in [-0.2, -0.15) is 9.94 Å². The van der Waals surface area contributed by atoms with Crippen molar-refractivity contribution in [1.29, 1.82) is 5.26 Å². The summed E-state index contributed by atoms with van der Waals surface area (Å²) in [6.07, 6.45) is 2.23. The predicted octanol–water partition coefficient (Wildman–Crippen LogP) is 4.30. The molecule has 2 aromatic carbocycles. The van der Waals surface area contributed by atoms with Crippen LogP contribution in [0, 0.1) is 21.4 Å². The number of nitrogens with zero attached hydrogens (tertiary/aromatic N) is 5. The molecule has 5 rings (SSSR count). The Morgan fingerprint density at radius 3 is 2.80 bits per heavy atom. The number of amides is 1. The Morgan fingerprint density at radius 1 is 1.28 bits per heavy atom. The van der Waals surface area contributed by atoms with Crippen molar-refractivity contribution in [3.63, 3.8) is 0 Å². The van der Waals surface area contributed by atoms with Crippen molar-refractivity contribution in [1.82, 2.24) is 25.1 Å². The van der Waals surface area contributed by atoms with Crippen LogP contribution in [0.1, 0.15) is 61.3 Å². The smallest absolute Gasteiger partial charge is 0.407 e. The number of hydrogen-bond acceptors (Lipinski definition) is 11. The third kappa shape index (κ3) is 6.91. The van der Waals surface area contributed by atoms with Gasteiger partial charge >= 0.3 is 17.5 Å². The van der Waals surface area contributed by atoms with E-state index < -0.39 is 34.0 Å². The fourth-order valence-electron chi connectivity index (χ4n) is 4.99. The van der Waals surface area contributed by atoms with Crippen LogP contribution >= 0.6 is 0 Å². The van der Waals surface area contributed by atoms with Crippen LogP contribution in [0.25, 0.3) is 5.82 Å². The van der Waals surface area contributed by atoms with E-state index in [1.54, 1.807) is 45.0 Å². The highest BCUT2D eigenvalue weighted by molar-refractivity contribution is 5.68. The quantitative estimate of drug-likeness (QED) is 0.176. The Morgan fingerprint density at radius 2 is 2.09 bits per heavy atom. The lowest BCUT2D eigenvalue weighted by molar-refractivity contribution is -0.385. The molecule has 1 atom stereocenters. The molecule has 0 saturated heterocycles. The number of alkyl carbamates (subject to hydrolysis) is 1. The summed E-state index contributed by atoms with van der Waals surface area (Å²) in [5.41, 5.74) is 1.09. The highest BCUT2D eigenvalue weighted by atomic mass is 16.6. The van der Waals surface area contributed by atoms with Gasteiger partial charge in [0.1, 0.15) is 11.6 Å². The summed E-state index contributed by atoms with van der Waals surface area (Å²) in [7, 11) is 1.53. The van der Waals surface area contributed by atoms with Gasteiger partial charge in [-0.15, -0.1) is 5.10 Å². The molecule has 0 bridgehead atoms.